The van der Waals surface area contributed by atoms with Gasteiger partial charge in [0.05, 0.1) is 35.3 Å². The Hall–Kier alpha value is -3.06. The Morgan fingerprint density at radius 1 is 1.26 bits per heavy atom. The summed E-state index contributed by atoms with van der Waals surface area (Å²) < 4.78 is 20.5. The zero-order chi connectivity index (χ0) is 19.3. The molecule has 0 radical (unpaired) electrons. The van der Waals surface area contributed by atoms with E-state index in [1.807, 2.05) is 23.7 Å². The molecule has 6 nitrogen and oxygen atoms in total. The Kier molecular flexibility index (Phi) is 4.04. The summed E-state index contributed by atoms with van der Waals surface area (Å²) in [7, 11) is 3.40. The van der Waals surface area contributed by atoms with E-state index >= 15 is 0 Å². The minimum absolute atomic E-state index is 0.0193. The average Bonchev–Trinajstić information content (AvgIpc) is 3.13. The molecule has 2 heterocycles. The number of nitrogens with one attached hydrogen (secondary N) is 1. The van der Waals surface area contributed by atoms with Gasteiger partial charge in [0.15, 0.2) is 0 Å². The Morgan fingerprint density at radius 2 is 2.04 bits per heavy atom. The number of aromatic nitrogens is 2. The summed E-state index contributed by atoms with van der Waals surface area (Å²) in [6.45, 7) is 0.0860. The maximum atomic E-state index is 13.4. The fourth-order valence-corrected chi connectivity index (χ4v) is 3.39. The summed E-state index contributed by atoms with van der Waals surface area (Å²) in [5.74, 6) is 0.699. The third-order valence-corrected chi connectivity index (χ3v) is 4.92. The number of ether oxygens (including phenoxy) is 1. The molecule has 0 unspecified atom stereocenters. The molecule has 0 fully saturated rings. The molecular formula is C19H16ClFN4O2. The number of hydrogen-bond donors (Lipinski definition) is 2. The highest BCUT2D eigenvalue weighted by atomic mass is 35.5. The van der Waals surface area contributed by atoms with Gasteiger partial charge in [0, 0.05) is 18.8 Å². The third kappa shape index (κ3) is 2.71. The lowest BCUT2D eigenvalue weighted by molar-refractivity contribution is 0.411. The van der Waals surface area contributed by atoms with Crippen LogP contribution >= 0.6 is 11.6 Å². The number of rotatable bonds is 3. The maximum Gasteiger partial charge on any atom is 0.148 e. The van der Waals surface area contributed by atoms with Gasteiger partial charge in [-0.2, -0.15) is 0 Å². The van der Waals surface area contributed by atoms with Gasteiger partial charge < -0.3 is 19.3 Å². The van der Waals surface area contributed by atoms with Crippen LogP contribution in [-0.4, -0.2) is 34.1 Å². The van der Waals surface area contributed by atoms with Crippen molar-refractivity contribution in [3.05, 3.63) is 58.8 Å². The summed E-state index contributed by atoms with van der Waals surface area (Å²) in [5.41, 5.74) is 2.40. The Bertz CT molecular complexity index is 1120. The van der Waals surface area contributed by atoms with Crippen LogP contribution in [0.4, 0.5) is 10.1 Å². The molecule has 0 bridgehead atoms. The molecule has 3 aromatic rings. The minimum Gasteiger partial charge on any atom is -0.509 e. The fraction of sp³-hybridized carbons (Fsp3) is 0.158. The molecule has 27 heavy (non-hydrogen) atoms. The molecule has 138 valence electrons. The molecule has 8 heteroatoms. The van der Waals surface area contributed by atoms with Crippen molar-refractivity contribution < 1.29 is 14.2 Å². The van der Waals surface area contributed by atoms with Gasteiger partial charge in [0.1, 0.15) is 29.0 Å². The molecule has 4 rings (SSSR count). The molecular weight excluding hydrogens is 371 g/mol. The lowest BCUT2D eigenvalue weighted by Gasteiger charge is -2.19. The van der Waals surface area contributed by atoms with E-state index in [1.54, 1.807) is 18.1 Å². The van der Waals surface area contributed by atoms with Crippen LogP contribution in [0.1, 0.15) is 5.82 Å². The lowest BCUT2D eigenvalue weighted by Crippen LogP contribution is -2.26. The molecule has 0 saturated carbocycles. The van der Waals surface area contributed by atoms with Gasteiger partial charge in [-0.25, -0.2) is 9.37 Å². The molecule has 2 aromatic carbocycles. The van der Waals surface area contributed by atoms with Crippen molar-refractivity contribution >= 4 is 39.7 Å². The number of imidazole rings is 1. The minimum atomic E-state index is -0.534. The molecule has 0 spiro atoms. The van der Waals surface area contributed by atoms with E-state index < -0.39 is 5.82 Å². The first-order valence-corrected chi connectivity index (χ1v) is 8.53. The Morgan fingerprint density at radius 3 is 2.74 bits per heavy atom. The second-order valence-corrected chi connectivity index (χ2v) is 6.61. The molecule has 1 aliphatic heterocycles. The Labute approximate surface area is 159 Å². The topological polar surface area (TPSA) is 74.4 Å². The Balaban J connectivity index is 1.77. The summed E-state index contributed by atoms with van der Waals surface area (Å²) in [6.07, 6.45) is 0. The van der Waals surface area contributed by atoms with Gasteiger partial charge in [-0.05, 0) is 30.3 Å². The van der Waals surface area contributed by atoms with E-state index in [2.05, 4.69) is 4.98 Å². The van der Waals surface area contributed by atoms with E-state index in [9.17, 15) is 9.50 Å². The molecule has 0 atom stereocenters. The quantitative estimate of drug-likeness (QED) is 0.709. The first-order chi connectivity index (χ1) is 12.9. The summed E-state index contributed by atoms with van der Waals surface area (Å²) in [5, 5.41) is 19.0. The van der Waals surface area contributed by atoms with Crippen molar-refractivity contribution in [2.24, 2.45) is 7.05 Å². The molecule has 1 aromatic heterocycles. The van der Waals surface area contributed by atoms with Crippen LogP contribution in [0.2, 0.25) is 5.02 Å². The average molecular weight is 387 g/mol. The van der Waals surface area contributed by atoms with Gasteiger partial charge in [-0.15, -0.1) is 0 Å². The number of fused-ring (bicyclic) bond motifs is 1. The first kappa shape index (κ1) is 17.4. The van der Waals surface area contributed by atoms with Crippen LogP contribution in [-0.2, 0) is 7.05 Å². The molecule has 0 saturated heterocycles. The largest absolute Gasteiger partial charge is 0.509 e. The zero-order valence-electron chi connectivity index (χ0n) is 14.6. The second kappa shape index (κ2) is 6.28. The fourth-order valence-electron chi connectivity index (χ4n) is 3.22. The smallest absolute Gasteiger partial charge is 0.148 e. The summed E-state index contributed by atoms with van der Waals surface area (Å²) in [6, 6.07) is 9.69. The van der Waals surface area contributed by atoms with Gasteiger partial charge in [0.25, 0.3) is 0 Å². The van der Waals surface area contributed by atoms with E-state index in [1.165, 1.54) is 18.2 Å². The number of nitrogens with zero attached hydrogens (tertiary/aromatic N) is 3. The third-order valence-electron chi connectivity index (χ3n) is 4.63. The van der Waals surface area contributed by atoms with Gasteiger partial charge in [-0.1, -0.05) is 11.6 Å². The van der Waals surface area contributed by atoms with E-state index in [-0.39, 0.29) is 23.2 Å². The van der Waals surface area contributed by atoms with Crippen LogP contribution < -0.4 is 9.64 Å². The van der Waals surface area contributed by atoms with Crippen molar-refractivity contribution in [3.63, 3.8) is 0 Å². The number of aliphatic hydroxyl groups is 1. The number of aryl methyl sites for hydroxylation is 1. The number of benzene rings is 2. The van der Waals surface area contributed by atoms with Crippen LogP contribution in [0.15, 0.2) is 42.2 Å². The predicted octanol–water partition coefficient (Wildman–Crippen LogP) is 4.14. The lowest BCUT2D eigenvalue weighted by atomic mass is 10.2. The highest BCUT2D eigenvalue weighted by Crippen LogP contribution is 2.34. The number of hydrogen-bond acceptors (Lipinski definition) is 4. The van der Waals surface area contributed by atoms with Gasteiger partial charge in [-0.3, -0.25) is 5.41 Å². The van der Waals surface area contributed by atoms with E-state index in [0.29, 0.717) is 28.4 Å². The SMILES string of the molecule is COc1ccc2c(c1)nc(C1=C(O)CN(c3ccc(F)c(Cl)c3)C1=N)n2C. The van der Waals surface area contributed by atoms with Crippen molar-refractivity contribution in [2.45, 2.75) is 0 Å². The number of halogens is 2. The maximum absolute atomic E-state index is 13.4. The van der Waals surface area contributed by atoms with Crippen LogP contribution in [0, 0.1) is 11.2 Å². The van der Waals surface area contributed by atoms with Gasteiger partial charge >= 0.3 is 0 Å². The first-order valence-electron chi connectivity index (χ1n) is 8.15. The van der Waals surface area contributed by atoms with Crippen LogP contribution in [0.25, 0.3) is 16.6 Å². The molecule has 2 N–H and O–H groups in total. The monoisotopic (exact) mass is 386 g/mol. The molecule has 0 amide bonds. The highest BCUT2D eigenvalue weighted by Gasteiger charge is 2.32. The summed E-state index contributed by atoms with van der Waals surface area (Å²) in [4.78, 5) is 6.13. The van der Waals surface area contributed by atoms with Crippen LogP contribution in [0.3, 0.4) is 0 Å². The standard InChI is InChI=1S/C19H16ClFN4O2/c1-24-15-6-4-11(27-2)8-14(15)23-19(24)17-16(26)9-25(18(17)22)10-3-5-13(21)12(20)7-10/h3-8,22,26H,9H2,1-2H3. The second-order valence-electron chi connectivity index (χ2n) is 6.20. The predicted molar refractivity (Wildman–Crippen MR) is 103 cm³/mol. The van der Waals surface area contributed by atoms with Crippen molar-refractivity contribution in [1.82, 2.24) is 9.55 Å². The molecule has 0 aliphatic carbocycles. The number of methoxy groups -OCH3 is 1. The highest BCUT2D eigenvalue weighted by molar-refractivity contribution is 6.32. The van der Waals surface area contributed by atoms with Crippen LogP contribution in [0.5, 0.6) is 5.75 Å². The number of aliphatic hydroxyl groups excluding tert-OH is 1. The van der Waals surface area contributed by atoms with Crippen molar-refractivity contribution in [2.75, 3.05) is 18.6 Å². The number of anilines is 1. The van der Waals surface area contributed by atoms with Crippen molar-refractivity contribution in [1.29, 1.82) is 5.41 Å². The van der Waals surface area contributed by atoms with E-state index in [0.717, 1.165) is 5.52 Å². The van der Waals surface area contributed by atoms with Gasteiger partial charge in [0.2, 0.25) is 0 Å². The van der Waals surface area contributed by atoms with Crippen molar-refractivity contribution in [3.8, 4) is 5.75 Å². The molecule has 1 aliphatic rings. The zero-order valence-corrected chi connectivity index (χ0v) is 15.4. The summed E-state index contributed by atoms with van der Waals surface area (Å²) >= 11 is 5.86. The number of amidine groups is 1. The van der Waals surface area contributed by atoms with E-state index in [4.69, 9.17) is 21.7 Å². The normalized spacial score (nSPS) is 14.5.